The molecule has 0 rings (SSSR count). The van der Waals surface area contributed by atoms with E-state index in [2.05, 4.69) is 86.8 Å². The van der Waals surface area contributed by atoms with Gasteiger partial charge in [0, 0.05) is 13.0 Å². The summed E-state index contributed by atoms with van der Waals surface area (Å²) in [5.41, 5.74) is 0. The summed E-state index contributed by atoms with van der Waals surface area (Å²) in [6.45, 7) is 3.37. The third-order valence-electron chi connectivity index (χ3n) is 10.1. The van der Waals surface area contributed by atoms with Crippen molar-refractivity contribution < 1.29 is 43.0 Å². The van der Waals surface area contributed by atoms with Gasteiger partial charge in [0.05, 0.1) is 26.4 Å². The topological polar surface area (TPSA) is 132 Å². The van der Waals surface area contributed by atoms with Gasteiger partial charge in [-0.1, -0.05) is 183 Å². The first-order chi connectivity index (χ1) is 29.8. The molecule has 0 amide bonds. The molecule has 3 unspecified atom stereocenters. The highest BCUT2D eigenvalue weighted by molar-refractivity contribution is 7.47. The normalized spacial score (nSPS) is 14.5. The number of hydrogen-bond acceptors (Lipinski definition) is 8. The molecule has 0 aliphatic carbocycles. The van der Waals surface area contributed by atoms with E-state index in [0.29, 0.717) is 13.0 Å². The summed E-state index contributed by atoms with van der Waals surface area (Å²) in [5, 5.41) is 18.4. The molecule has 0 saturated carbocycles. The summed E-state index contributed by atoms with van der Waals surface area (Å²) in [6.07, 6.45) is 57.2. The predicted molar refractivity (Wildman–Crippen MR) is 256 cm³/mol. The molecule has 0 radical (unpaired) electrons. The van der Waals surface area contributed by atoms with Crippen molar-refractivity contribution in [3.63, 3.8) is 0 Å². The molecule has 0 aromatic rings. The van der Waals surface area contributed by atoms with Crippen molar-refractivity contribution in [1.82, 2.24) is 0 Å². The van der Waals surface area contributed by atoms with Crippen LogP contribution in [-0.2, 0) is 27.9 Å². The van der Waals surface area contributed by atoms with Gasteiger partial charge in [0.2, 0.25) is 0 Å². The van der Waals surface area contributed by atoms with Crippen molar-refractivity contribution in [3.05, 3.63) is 72.9 Å². The highest BCUT2D eigenvalue weighted by Crippen LogP contribution is 2.43. The van der Waals surface area contributed by atoms with Gasteiger partial charge in [0.25, 0.3) is 0 Å². The van der Waals surface area contributed by atoms with Gasteiger partial charge < -0.3 is 24.6 Å². The van der Waals surface area contributed by atoms with E-state index < -0.39 is 39.2 Å². The van der Waals surface area contributed by atoms with E-state index in [1.165, 1.54) is 83.5 Å². The predicted octanol–water partition coefficient (Wildman–Crippen LogP) is 14.1. The van der Waals surface area contributed by atoms with Crippen LogP contribution < -0.4 is 0 Å². The SMILES string of the molecule is CC/C=C\C/C=C\C/C=C\C/C=C\C/C=C\CCCCCCCCCCOCC(COP(=O)(O)OCC(O)CO)OC(=O)CCCCCCC/C=C\CCCCCCCCC. The van der Waals surface area contributed by atoms with Crippen LogP contribution in [0.15, 0.2) is 72.9 Å². The molecule has 0 aliphatic rings. The number of ether oxygens (including phenoxy) is 2. The van der Waals surface area contributed by atoms with Gasteiger partial charge in [0.1, 0.15) is 12.2 Å². The number of carbonyl (C=O) groups is 1. The molecule has 0 spiro atoms. The summed E-state index contributed by atoms with van der Waals surface area (Å²) in [4.78, 5) is 22.6. The van der Waals surface area contributed by atoms with Gasteiger partial charge in [0.15, 0.2) is 0 Å². The number of rotatable bonds is 46. The fraction of sp³-hybridized carbons (Fsp3) is 0.745. The molecule has 0 saturated heterocycles. The first-order valence-corrected chi connectivity index (χ1v) is 25.9. The van der Waals surface area contributed by atoms with Gasteiger partial charge in [-0.25, -0.2) is 4.57 Å². The number of hydrogen-bond donors (Lipinski definition) is 3. The number of unbranched alkanes of at least 4 members (excludes halogenated alkanes) is 20. The Hall–Kier alpha value is -2.10. The zero-order valence-corrected chi connectivity index (χ0v) is 39.8. The molecule has 0 aromatic heterocycles. The lowest BCUT2D eigenvalue weighted by molar-refractivity contribution is -0.154. The number of allylic oxidation sites excluding steroid dienone is 12. The standard InChI is InChI=1S/C51H91O9P/c1-3-5-7-9-11-13-15-17-19-21-22-23-24-25-26-27-28-30-32-34-36-38-40-42-44-57-47-50(48-59-61(55,56)58-46-49(53)45-52)60-51(54)43-41-39-37-35-33-31-29-20-18-16-14-12-10-8-6-4-2/h5,7,11,13,17,19-20,22-23,25-26,29,49-50,52-53H,3-4,6,8-10,12,14-16,18,21,24,27-28,30-48H2,1-2H3,(H,55,56)/b7-5-,13-11-,19-17-,23-22-,26-25-,29-20-. The maximum absolute atomic E-state index is 12.7. The zero-order chi connectivity index (χ0) is 44.6. The van der Waals surface area contributed by atoms with E-state index in [1.807, 2.05) is 0 Å². The second-order valence-corrected chi connectivity index (χ2v) is 17.5. The monoisotopic (exact) mass is 879 g/mol. The second kappa shape index (κ2) is 47.4. The highest BCUT2D eigenvalue weighted by Gasteiger charge is 2.26. The lowest BCUT2D eigenvalue weighted by Crippen LogP contribution is -2.29. The Balaban J connectivity index is 4.13. The Morgan fingerprint density at radius 3 is 1.43 bits per heavy atom. The maximum Gasteiger partial charge on any atom is 0.472 e. The Morgan fingerprint density at radius 2 is 0.934 bits per heavy atom. The van der Waals surface area contributed by atoms with Crippen molar-refractivity contribution in [2.75, 3.05) is 33.0 Å². The fourth-order valence-corrected chi connectivity index (χ4v) is 7.23. The molecule has 9 nitrogen and oxygen atoms in total. The van der Waals surface area contributed by atoms with Crippen molar-refractivity contribution in [3.8, 4) is 0 Å². The molecular formula is C51H91O9P. The minimum atomic E-state index is -4.53. The zero-order valence-electron chi connectivity index (χ0n) is 38.9. The summed E-state index contributed by atoms with van der Waals surface area (Å²) < 4.78 is 33.5. The number of esters is 1. The maximum atomic E-state index is 12.7. The third-order valence-corrected chi connectivity index (χ3v) is 11.1. The average Bonchev–Trinajstić information content (AvgIpc) is 3.25. The number of phosphoric ester groups is 1. The summed E-state index contributed by atoms with van der Waals surface area (Å²) in [5.74, 6) is -0.396. The molecule has 10 heteroatoms. The highest BCUT2D eigenvalue weighted by atomic mass is 31.2. The number of carbonyl (C=O) groups excluding carboxylic acids is 1. The van der Waals surface area contributed by atoms with E-state index in [9.17, 15) is 19.4 Å². The smallest absolute Gasteiger partial charge is 0.457 e. The Bertz CT molecular complexity index is 1180. The average molecular weight is 879 g/mol. The fourth-order valence-electron chi connectivity index (χ4n) is 6.44. The lowest BCUT2D eigenvalue weighted by Gasteiger charge is -2.20. The van der Waals surface area contributed by atoms with E-state index in [4.69, 9.17) is 23.6 Å². The second-order valence-electron chi connectivity index (χ2n) is 16.1. The minimum absolute atomic E-state index is 0.0371. The summed E-state index contributed by atoms with van der Waals surface area (Å²) in [7, 11) is -4.53. The van der Waals surface area contributed by atoms with Crippen LogP contribution in [0.5, 0.6) is 0 Å². The van der Waals surface area contributed by atoms with Crippen LogP contribution in [0.4, 0.5) is 0 Å². The molecule has 354 valence electrons. The minimum Gasteiger partial charge on any atom is -0.457 e. The molecule has 3 N–H and O–H groups in total. The molecule has 61 heavy (non-hydrogen) atoms. The number of phosphoric acid groups is 1. The molecule has 0 aliphatic heterocycles. The molecular weight excluding hydrogens is 788 g/mol. The quantitative estimate of drug-likeness (QED) is 0.0237. The molecule has 0 fully saturated rings. The Labute approximate surface area is 373 Å². The van der Waals surface area contributed by atoms with Crippen LogP contribution >= 0.6 is 7.82 Å². The van der Waals surface area contributed by atoms with Crippen LogP contribution in [-0.4, -0.2) is 66.3 Å². The van der Waals surface area contributed by atoms with Crippen molar-refractivity contribution in [1.29, 1.82) is 0 Å². The molecule has 0 aromatic carbocycles. The van der Waals surface area contributed by atoms with Gasteiger partial charge >= 0.3 is 13.8 Å². The van der Waals surface area contributed by atoms with Crippen molar-refractivity contribution in [2.45, 2.75) is 212 Å². The van der Waals surface area contributed by atoms with Crippen LogP contribution in [0.25, 0.3) is 0 Å². The van der Waals surface area contributed by atoms with Crippen LogP contribution in [0.3, 0.4) is 0 Å². The molecule has 0 bridgehead atoms. The Morgan fingerprint density at radius 1 is 0.525 bits per heavy atom. The first kappa shape index (κ1) is 58.9. The van der Waals surface area contributed by atoms with Gasteiger partial charge in [-0.05, 0) is 83.5 Å². The first-order valence-electron chi connectivity index (χ1n) is 24.4. The van der Waals surface area contributed by atoms with Crippen LogP contribution in [0.2, 0.25) is 0 Å². The number of aliphatic hydroxyl groups is 2. The summed E-state index contributed by atoms with van der Waals surface area (Å²) >= 11 is 0. The van der Waals surface area contributed by atoms with Crippen molar-refractivity contribution >= 4 is 13.8 Å². The lowest BCUT2D eigenvalue weighted by atomic mass is 10.1. The number of aliphatic hydroxyl groups excluding tert-OH is 2. The van der Waals surface area contributed by atoms with Gasteiger partial charge in [-0.3, -0.25) is 13.8 Å². The molecule has 0 heterocycles. The van der Waals surface area contributed by atoms with Gasteiger partial charge in [-0.15, -0.1) is 0 Å². The largest absolute Gasteiger partial charge is 0.472 e. The van der Waals surface area contributed by atoms with Crippen molar-refractivity contribution in [2.24, 2.45) is 0 Å². The van der Waals surface area contributed by atoms with E-state index >= 15 is 0 Å². The third kappa shape index (κ3) is 47.2. The summed E-state index contributed by atoms with van der Waals surface area (Å²) in [6, 6.07) is 0. The van der Waals surface area contributed by atoms with E-state index in [-0.39, 0.29) is 19.6 Å². The molecule has 3 atom stereocenters. The Kier molecular flexibility index (Phi) is 45.7. The van der Waals surface area contributed by atoms with Gasteiger partial charge in [-0.2, -0.15) is 0 Å². The van der Waals surface area contributed by atoms with Crippen LogP contribution in [0.1, 0.15) is 200 Å². The van der Waals surface area contributed by atoms with E-state index in [0.717, 1.165) is 89.9 Å². The van der Waals surface area contributed by atoms with Crippen LogP contribution in [0, 0.1) is 0 Å². The van der Waals surface area contributed by atoms with E-state index in [1.54, 1.807) is 0 Å².